The lowest BCUT2D eigenvalue weighted by atomic mass is 10.2. The van der Waals surface area contributed by atoms with E-state index in [0.717, 1.165) is 0 Å². The molecule has 0 bridgehead atoms. The number of nitrogens with zero attached hydrogens (tertiary/aromatic N) is 2. The Morgan fingerprint density at radius 1 is 1.08 bits per heavy atom. The molecule has 13 heavy (non-hydrogen) atoms. The van der Waals surface area contributed by atoms with Crippen LogP contribution in [0.2, 0.25) is 0 Å². The van der Waals surface area contributed by atoms with Crippen LogP contribution < -0.4 is 0 Å². The lowest BCUT2D eigenvalue weighted by Gasteiger charge is -2.02. The van der Waals surface area contributed by atoms with Crippen molar-refractivity contribution in [3.63, 3.8) is 0 Å². The number of pyridine rings is 2. The van der Waals surface area contributed by atoms with E-state index in [-0.39, 0.29) is 5.69 Å². The molecule has 0 radical (unpaired) electrons. The number of fused-ring (bicyclic) bond motifs is 1. The molecule has 2 nitrogen and oxygen atoms in total. The van der Waals surface area contributed by atoms with Gasteiger partial charge in [-0.25, -0.2) is 8.78 Å². The van der Waals surface area contributed by atoms with Gasteiger partial charge in [-0.2, -0.15) is 0 Å². The van der Waals surface area contributed by atoms with Crippen LogP contribution in [0.5, 0.6) is 0 Å². The lowest BCUT2D eigenvalue weighted by molar-refractivity contribution is 0.148. The molecule has 0 unspecified atom stereocenters. The highest BCUT2D eigenvalue weighted by molar-refractivity contribution is 5.80. The van der Waals surface area contributed by atoms with Gasteiger partial charge >= 0.3 is 0 Å². The van der Waals surface area contributed by atoms with E-state index in [0.29, 0.717) is 10.9 Å². The average molecular weight is 180 g/mol. The second kappa shape index (κ2) is 3.05. The van der Waals surface area contributed by atoms with E-state index in [2.05, 4.69) is 9.97 Å². The van der Waals surface area contributed by atoms with Crippen LogP contribution in [-0.4, -0.2) is 9.97 Å². The number of rotatable bonds is 1. The summed E-state index contributed by atoms with van der Waals surface area (Å²) in [6, 6.07) is 4.83. The standard InChI is InChI=1S/C9H6F2N2/c10-9(11)8-6-2-1-4-12-7(6)3-5-13-8/h1-5,9H. The summed E-state index contributed by atoms with van der Waals surface area (Å²) in [7, 11) is 0. The highest BCUT2D eigenvalue weighted by Crippen LogP contribution is 2.23. The van der Waals surface area contributed by atoms with Gasteiger partial charge in [0.05, 0.1) is 5.52 Å². The molecule has 2 rings (SSSR count). The highest BCUT2D eigenvalue weighted by Gasteiger charge is 2.12. The number of halogens is 2. The van der Waals surface area contributed by atoms with E-state index >= 15 is 0 Å². The maximum Gasteiger partial charge on any atom is 0.281 e. The van der Waals surface area contributed by atoms with Crippen molar-refractivity contribution in [3.8, 4) is 0 Å². The second-order valence-corrected chi connectivity index (χ2v) is 2.57. The average Bonchev–Trinajstić information content (AvgIpc) is 2.17. The fourth-order valence-electron chi connectivity index (χ4n) is 1.20. The summed E-state index contributed by atoms with van der Waals surface area (Å²) >= 11 is 0. The molecule has 0 aliphatic carbocycles. The first-order valence-corrected chi connectivity index (χ1v) is 3.77. The number of hydrogen-bond acceptors (Lipinski definition) is 2. The predicted octanol–water partition coefficient (Wildman–Crippen LogP) is 2.57. The van der Waals surface area contributed by atoms with Gasteiger partial charge in [0, 0.05) is 17.8 Å². The van der Waals surface area contributed by atoms with Crippen LogP contribution in [0.4, 0.5) is 8.78 Å². The first-order chi connectivity index (χ1) is 6.29. The van der Waals surface area contributed by atoms with Crippen molar-refractivity contribution in [2.45, 2.75) is 6.43 Å². The summed E-state index contributed by atoms with van der Waals surface area (Å²) in [6.45, 7) is 0. The van der Waals surface area contributed by atoms with Crippen molar-refractivity contribution < 1.29 is 8.78 Å². The molecule has 2 aromatic heterocycles. The molecule has 0 atom stereocenters. The molecule has 0 aromatic carbocycles. The van der Waals surface area contributed by atoms with Crippen molar-refractivity contribution in [1.29, 1.82) is 0 Å². The summed E-state index contributed by atoms with van der Waals surface area (Å²) in [4.78, 5) is 7.57. The molecule has 0 spiro atoms. The molecule has 66 valence electrons. The van der Waals surface area contributed by atoms with E-state index in [1.165, 1.54) is 6.20 Å². The van der Waals surface area contributed by atoms with Crippen molar-refractivity contribution in [3.05, 3.63) is 36.3 Å². The summed E-state index contributed by atoms with van der Waals surface area (Å²) < 4.78 is 24.8. The summed E-state index contributed by atoms with van der Waals surface area (Å²) in [6.07, 6.45) is 0.363. The molecule has 2 aromatic rings. The van der Waals surface area contributed by atoms with E-state index in [4.69, 9.17) is 0 Å². The normalized spacial score (nSPS) is 11.0. The van der Waals surface area contributed by atoms with Gasteiger partial charge in [0.15, 0.2) is 0 Å². The van der Waals surface area contributed by atoms with Gasteiger partial charge in [0.1, 0.15) is 5.69 Å². The third kappa shape index (κ3) is 1.35. The summed E-state index contributed by atoms with van der Waals surface area (Å²) in [5.41, 5.74) is 0.346. The summed E-state index contributed by atoms with van der Waals surface area (Å²) in [5.74, 6) is 0. The molecule has 0 amide bonds. The van der Waals surface area contributed by atoms with Crippen LogP contribution >= 0.6 is 0 Å². The minimum atomic E-state index is -2.55. The molecule has 0 N–H and O–H groups in total. The molecule has 0 aliphatic heterocycles. The van der Waals surface area contributed by atoms with Crippen LogP contribution in [0.1, 0.15) is 12.1 Å². The Labute approximate surface area is 73.2 Å². The van der Waals surface area contributed by atoms with Crippen LogP contribution in [0.15, 0.2) is 30.6 Å². The SMILES string of the molecule is FC(F)c1nccc2ncccc12. The van der Waals surface area contributed by atoms with Gasteiger partial charge in [-0.15, -0.1) is 0 Å². The quantitative estimate of drug-likeness (QED) is 0.674. The third-order valence-electron chi connectivity index (χ3n) is 1.77. The van der Waals surface area contributed by atoms with Gasteiger partial charge < -0.3 is 0 Å². The largest absolute Gasteiger partial charge is 0.281 e. The molecular formula is C9H6F2N2. The Hall–Kier alpha value is -1.58. The van der Waals surface area contributed by atoms with Gasteiger partial charge in [-0.3, -0.25) is 9.97 Å². The van der Waals surface area contributed by atoms with Crippen LogP contribution in [0, 0.1) is 0 Å². The second-order valence-electron chi connectivity index (χ2n) is 2.57. The molecule has 0 saturated carbocycles. The van der Waals surface area contributed by atoms with Gasteiger partial charge in [0.2, 0.25) is 0 Å². The van der Waals surface area contributed by atoms with Crippen molar-refractivity contribution in [2.75, 3.05) is 0 Å². The van der Waals surface area contributed by atoms with Crippen LogP contribution in [0.25, 0.3) is 10.9 Å². The fraction of sp³-hybridized carbons (Fsp3) is 0.111. The zero-order chi connectivity index (χ0) is 9.26. The van der Waals surface area contributed by atoms with E-state index in [1.54, 1.807) is 24.4 Å². The summed E-state index contributed by atoms with van der Waals surface area (Å²) in [5, 5.41) is 0.417. The molecular weight excluding hydrogens is 174 g/mol. The molecule has 0 aliphatic rings. The fourth-order valence-corrected chi connectivity index (χ4v) is 1.20. The van der Waals surface area contributed by atoms with Crippen molar-refractivity contribution >= 4 is 10.9 Å². The monoisotopic (exact) mass is 180 g/mol. The minimum Gasteiger partial charge on any atom is -0.256 e. The molecule has 0 fully saturated rings. The molecule has 0 saturated heterocycles. The van der Waals surface area contributed by atoms with E-state index in [1.807, 2.05) is 0 Å². The number of hydrogen-bond donors (Lipinski definition) is 0. The van der Waals surface area contributed by atoms with Crippen molar-refractivity contribution in [1.82, 2.24) is 9.97 Å². The lowest BCUT2D eigenvalue weighted by Crippen LogP contribution is -1.91. The highest BCUT2D eigenvalue weighted by atomic mass is 19.3. The van der Waals surface area contributed by atoms with Gasteiger partial charge in [-0.1, -0.05) is 0 Å². The maximum absolute atomic E-state index is 12.4. The van der Waals surface area contributed by atoms with Crippen LogP contribution in [0.3, 0.4) is 0 Å². The first kappa shape index (κ1) is 8.04. The third-order valence-corrected chi connectivity index (χ3v) is 1.77. The van der Waals surface area contributed by atoms with Gasteiger partial charge in [-0.05, 0) is 18.2 Å². The smallest absolute Gasteiger partial charge is 0.256 e. The van der Waals surface area contributed by atoms with Crippen LogP contribution in [-0.2, 0) is 0 Å². The Balaban J connectivity index is 2.76. The Kier molecular flexibility index (Phi) is 1.88. The zero-order valence-electron chi connectivity index (χ0n) is 6.61. The number of aromatic nitrogens is 2. The topological polar surface area (TPSA) is 25.8 Å². The first-order valence-electron chi connectivity index (χ1n) is 3.77. The molecule has 4 heteroatoms. The Morgan fingerprint density at radius 3 is 2.69 bits per heavy atom. The Morgan fingerprint density at radius 2 is 1.92 bits per heavy atom. The molecule has 2 heterocycles. The minimum absolute atomic E-state index is 0.203. The maximum atomic E-state index is 12.4. The van der Waals surface area contributed by atoms with Gasteiger partial charge in [0.25, 0.3) is 6.43 Å². The van der Waals surface area contributed by atoms with E-state index < -0.39 is 6.43 Å². The zero-order valence-corrected chi connectivity index (χ0v) is 6.61. The van der Waals surface area contributed by atoms with Crippen molar-refractivity contribution in [2.24, 2.45) is 0 Å². The van der Waals surface area contributed by atoms with E-state index in [9.17, 15) is 8.78 Å². The Bertz CT molecular complexity index is 423. The number of alkyl halides is 2. The predicted molar refractivity (Wildman–Crippen MR) is 44.5 cm³/mol.